The van der Waals surface area contributed by atoms with Crippen molar-refractivity contribution in [3.63, 3.8) is 0 Å². The van der Waals surface area contributed by atoms with Crippen molar-refractivity contribution >= 4 is 34.3 Å². The van der Waals surface area contributed by atoms with Crippen LogP contribution in [0.4, 0.5) is 9.93 Å². The lowest BCUT2D eigenvalue weighted by Crippen LogP contribution is -2.40. The topological polar surface area (TPSA) is 45.2 Å². The summed E-state index contributed by atoms with van der Waals surface area (Å²) < 4.78 is 0. The van der Waals surface area contributed by atoms with E-state index in [1.807, 2.05) is 52.4 Å². The first-order valence-electron chi connectivity index (χ1n) is 6.47. The Kier molecular flexibility index (Phi) is 4.22. The third-order valence-electron chi connectivity index (χ3n) is 3.09. The van der Waals surface area contributed by atoms with Gasteiger partial charge in [0.25, 0.3) is 0 Å². The maximum Gasteiger partial charge on any atom is 0.323 e. The lowest BCUT2D eigenvalue weighted by atomic mass is 10.2. The minimum Gasteiger partial charge on any atom is -0.323 e. The van der Waals surface area contributed by atoms with E-state index < -0.39 is 0 Å². The molecule has 0 unspecified atom stereocenters. The van der Waals surface area contributed by atoms with Crippen LogP contribution in [0, 0.1) is 0 Å². The van der Waals surface area contributed by atoms with Crippen molar-refractivity contribution in [1.29, 1.82) is 0 Å². The highest BCUT2D eigenvalue weighted by molar-refractivity contribution is 7.99. The maximum absolute atomic E-state index is 12.1. The van der Waals surface area contributed by atoms with E-state index in [2.05, 4.69) is 10.3 Å². The van der Waals surface area contributed by atoms with E-state index in [9.17, 15) is 4.79 Å². The minimum absolute atomic E-state index is 0.0424. The molecule has 0 radical (unpaired) electrons. The number of anilines is 1. The fourth-order valence-corrected chi connectivity index (χ4v) is 3.62. The second-order valence-electron chi connectivity index (χ2n) is 4.43. The van der Waals surface area contributed by atoms with E-state index in [-0.39, 0.29) is 6.03 Å². The van der Waals surface area contributed by atoms with Gasteiger partial charge in [0.1, 0.15) is 0 Å². The lowest BCUT2D eigenvalue weighted by molar-refractivity contribution is 0.217. The molecule has 1 N–H and O–H groups in total. The van der Waals surface area contributed by atoms with Crippen molar-refractivity contribution in [2.24, 2.45) is 0 Å². The number of nitrogens with one attached hydrogen (secondary N) is 1. The van der Waals surface area contributed by atoms with Gasteiger partial charge in [0.2, 0.25) is 0 Å². The molecule has 1 aromatic heterocycles. The van der Waals surface area contributed by atoms with Gasteiger partial charge in [-0.05, 0) is 0 Å². The number of thiazole rings is 1. The van der Waals surface area contributed by atoms with Crippen LogP contribution in [0.15, 0.2) is 35.7 Å². The van der Waals surface area contributed by atoms with Crippen molar-refractivity contribution in [2.45, 2.75) is 0 Å². The summed E-state index contributed by atoms with van der Waals surface area (Å²) in [6.45, 7) is 1.63. The van der Waals surface area contributed by atoms with E-state index in [4.69, 9.17) is 0 Å². The number of urea groups is 1. The second kappa shape index (κ2) is 6.28. The molecule has 0 aliphatic carbocycles. The summed E-state index contributed by atoms with van der Waals surface area (Å²) in [6.07, 6.45) is 0. The van der Waals surface area contributed by atoms with Crippen LogP contribution in [0.2, 0.25) is 0 Å². The lowest BCUT2D eigenvalue weighted by Gasteiger charge is -2.25. The van der Waals surface area contributed by atoms with Crippen molar-refractivity contribution < 1.29 is 4.79 Å². The molecular formula is C14H15N3OS2. The van der Waals surface area contributed by atoms with E-state index in [1.165, 1.54) is 11.3 Å². The Morgan fingerprint density at radius 1 is 1.20 bits per heavy atom. The van der Waals surface area contributed by atoms with Crippen LogP contribution in [0.25, 0.3) is 11.3 Å². The summed E-state index contributed by atoms with van der Waals surface area (Å²) in [7, 11) is 0. The molecule has 20 heavy (non-hydrogen) atoms. The number of rotatable bonds is 2. The van der Waals surface area contributed by atoms with Gasteiger partial charge in [-0.1, -0.05) is 30.3 Å². The molecule has 2 amide bonds. The summed E-state index contributed by atoms with van der Waals surface area (Å²) >= 11 is 3.35. The summed E-state index contributed by atoms with van der Waals surface area (Å²) in [5, 5.41) is 5.52. The predicted octanol–water partition coefficient (Wildman–Crippen LogP) is 3.39. The van der Waals surface area contributed by atoms with E-state index in [1.54, 1.807) is 0 Å². The predicted molar refractivity (Wildman–Crippen MR) is 85.5 cm³/mol. The molecule has 0 saturated carbocycles. The average Bonchev–Trinajstić information content (AvgIpc) is 2.97. The van der Waals surface area contributed by atoms with Crippen molar-refractivity contribution in [1.82, 2.24) is 9.88 Å². The van der Waals surface area contributed by atoms with Gasteiger partial charge < -0.3 is 4.90 Å². The monoisotopic (exact) mass is 305 g/mol. The van der Waals surface area contributed by atoms with Gasteiger partial charge in [-0.15, -0.1) is 11.3 Å². The van der Waals surface area contributed by atoms with Gasteiger partial charge >= 0.3 is 6.03 Å². The van der Waals surface area contributed by atoms with E-state index in [0.717, 1.165) is 35.9 Å². The normalized spacial score (nSPS) is 15.1. The summed E-state index contributed by atoms with van der Waals surface area (Å²) in [5.74, 6) is 2.03. The Morgan fingerprint density at radius 3 is 2.70 bits per heavy atom. The first-order valence-corrected chi connectivity index (χ1v) is 8.51. The molecule has 4 nitrogen and oxygen atoms in total. The van der Waals surface area contributed by atoms with Crippen LogP contribution in [-0.2, 0) is 0 Å². The van der Waals surface area contributed by atoms with Gasteiger partial charge in [0.15, 0.2) is 5.13 Å². The highest BCUT2D eigenvalue weighted by atomic mass is 32.2. The second-order valence-corrected chi connectivity index (χ2v) is 6.52. The molecule has 2 heterocycles. The molecular weight excluding hydrogens is 290 g/mol. The third-order valence-corrected chi connectivity index (χ3v) is 4.79. The molecule has 0 spiro atoms. The number of amides is 2. The first-order chi connectivity index (χ1) is 9.83. The Morgan fingerprint density at radius 2 is 1.95 bits per heavy atom. The summed E-state index contributed by atoms with van der Waals surface area (Å²) in [4.78, 5) is 18.4. The highest BCUT2D eigenvalue weighted by Gasteiger charge is 2.17. The molecule has 2 aromatic rings. The number of benzene rings is 1. The summed E-state index contributed by atoms with van der Waals surface area (Å²) in [5.41, 5.74) is 1.97. The largest absolute Gasteiger partial charge is 0.323 e. The number of carbonyl (C=O) groups excluding carboxylic acids is 1. The fourth-order valence-electron chi connectivity index (χ4n) is 2.01. The number of carbonyl (C=O) groups is 1. The molecule has 1 aromatic carbocycles. The van der Waals surface area contributed by atoms with Gasteiger partial charge in [0, 0.05) is 35.5 Å². The molecule has 0 bridgehead atoms. The molecule has 104 valence electrons. The summed E-state index contributed by atoms with van der Waals surface area (Å²) in [6, 6.07) is 9.94. The quantitative estimate of drug-likeness (QED) is 0.925. The SMILES string of the molecule is O=C(Nc1nc(-c2ccccc2)cs1)N1CCSCC1. The molecule has 1 aliphatic heterocycles. The number of aromatic nitrogens is 1. The molecule has 6 heteroatoms. The number of hydrogen-bond donors (Lipinski definition) is 1. The Balaban J connectivity index is 1.66. The molecule has 3 rings (SSSR count). The molecule has 1 aliphatic rings. The smallest absolute Gasteiger partial charge is 0.323 e. The van der Waals surface area contributed by atoms with Crippen LogP contribution in [0.5, 0.6) is 0 Å². The Hall–Kier alpha value is -1.53. The molecule has 0 atom stereocenters. The standard InChI is InChI=1S/C14H15N3OS2/c18-14(17-6-8-19-9-7-17)16-13-15-12(10-20-13)11-4-2-1-3-5-11/h1-5,10H,6-9H2,(H,15,16,18). The fraction of sp³-hybridized carbons (Fsp3) is 0.286. The van der Waals surface area contributed by atoms with Crippen LogP contribution < -0.4 is 5.32 Å². The zero-order chi connectivity index (χ0) is 13.8. The third kappa shape index (κ3) is 3.13. The van der Waals surface area contributed by atoms with Gasteiger partial charge in [-0.2, -0.15) is 11.8 Å². The maximum atomic E-state index is 12.1. The zero-order valence-corrected chi connectivity index (χ0v) is 12.5. The van der Waals surface area contributed by atoms with Gasteiger partial charge in [-0.25, -0.2) is 9.78 Å². The zero-order valence-electron chi connectivity index (χ0n) is 10.9. The van der Waals surface area contributed by atoms with Crippen LogP contribution >= 0.6 is 23.1 Å². The average molecular weight is 305 g/mol. The van der Waals surface area contributed by atoms with Gasteiger partial charge in [0.05, 0.1) is 5.69 Å². The Labute approximate surface area is 126 Å². The highest BCUT2D eigenvalue weighted by Crippen LogP contribution is 2.24. The van der Waals surface area contributed by atoms with Crippen molar-refractivity contribution in [3.8, 4) is 11.3 Å². The van der Waals surface area contributed by atoms with Crippen molar-refractivity contribution in [3.05, 3.63) is 35.7 Å². The molecule has 1 saturated heterocycles. The first kappa shape index (κ1) is 13.5. The molecule has 1 fully saturated rings. The number of hydrogen-bond acceptors (Lipinski definition) is 4. The number of nitrogens with zero attached hydrogens (tertiary/aromatic N) is 2. The number of thioether (sulfide) groups is 1. The van der Waals surface area contributed by atoms with Crippen LogP contribution in [0.1, 0.15) is 0 Å². The minimum atomic E-state index is -0.0424. The van der Waals surface area contributed by atoms with Crippen molar-refractivity contribution in [2.75, 3.05) is 29.9 Å². The van der Waals surface area contributed by atoms with Crippen LogP contribution in [0.3, 0.4) is 0 Å². The van der Waals surface area contributed by atoms with Gasteiger partial charge in [-0.3, -0.25) is 5.32 Å². The Bertz CT molecular complexity index is 579. The van der Waals surface area contributed by atoms with E-state index in [0.29, 0.717) is 5.13 Å². The van der Waals surface area contributed by atoms with E-state index >= 15 is 0 Å². The van der Waals surface area contributed by atoms with Crippen LogP contribution in [-0.4, -0.2) is 40.5 Å².